The molecule has 1 N–H and O–H groups in total. The summed E-state index contributed by atoms with van der Waals surface area (Å²) in [6.45, 7) is 3.61. The van der Waals surface area contributed by atoms with E-state index in [1.54, 1.807) is 24.3 Å². The first-order valence-electron chi connectivity index (χ1n) is 4.89. The third-order valence-electron chi connectivity index (χ3n) is 1.81. The van der Waals surface area contributed by atoms with Crippen LogP contribution < -0.4 is 0 Å². The van der Waals surface area contributed by atoms with E-state index in [2.05, 4.69) is 11.7 Å². The van der Waals surface area contributed by atoms with Gasteiger partial charge in [-0.15, -0.1) is 30.6 Å². The van der Waals surface area contributed by atoms with Crippen LogP contribution in [0.4, 0.5) is 0 Å². The summed E-state index contributed by atoms with van der Waals surface area (Å²) in [4.78, 5) is 0. The minimum Gasteiger partial charge on any atom is -0.277 e. The van der Waals surface area contributed by atoms with Gasteiger partial charge in [0.05, 0.1) is 6.21 Å². The maximum atomic E-state index is 7.69. The fraction of sp³-hybridized carbons (Fsp3) is 0.167. The molecule has 0 radical (unpaired) electrons. The summed E-state index contributed by atoms with van der Waals surface area (Å²) in [5.41, 5.74) is 1.02. The molecule has 0 saturated carbocycles. The normalized spacial score (nSPS) is 9.71. The molecule has 92 valence electrons. The number of thioether (sulfide) groups is 1. The Morgan fingerprint density at radius 2 is 2.12 bits per heavy atom. The number of hydrogen-bond donors (Lipinski definition) is 1. The lowest BCUT2D eigenvalue weighted by Crippen LogP contribution is -2.17. The number of nitrogens with zero attached hydrogens (tertiary/aromatic N) is 2. The lowest BCUT2D eigenvalue weighted by Gasteiger charge is -2.11. The third kappa shape index (κ3) is 6.48. The Balaban J connectivity index is 0.00000256. The Morgan fingerprint density at radius 3 is 2.71 bits per heavy atom. The van der Waals surface area contributed by atoms with Gasteiger partial charge in [-0.1, -0.05) is 48.2 Å². The van der Waals surface area contributed by atoms with Crippen molar-refractivity contribution in [1.82, 2.24) is 5.01 Å². The monoisotopic (exact) mass is 361 g/mol. The predicted octanol–water partition coefficient (Wildman–Crippen LogP) is 3.42. The minimum atomic E-state index is 0. The smallest absolute Gasteiger partial charge is 0.177 e. The highest BCUT2D eigenvalue weighted by atomic mass is 127. The SMILES string of the molecule is C=CCSC(=N)N(C)N=Cc1ccccc1.I. The first kappa shape index (κ1) is 16.2. The van der Waals surface area contributed by atoms with E-state index in [4.69, 9.17) is 5.41 Å². The molecule has 0 aliphatic rings. The predicted molar refractivity (Wildman–Crippen MR) is 87.6 cm³/mol. The molecular weight excluding hydrogens is 345 g/mol. The zero-order valence-electron chi connectivity index (χ0n) is 9.67. The van der Waals surface area contributed by atoms with Crippen LogP contribution in [0, 0.1) is 5.41 Å². The van der Waals surface area contributed by atoms with Crippen molar-refractivity contribution in [3.05, 3.63) is 48.6 Å². The number of nitrogens with one attached hydrogen (secondary N) is 1. The first-order chi connectivity index (χ1) is 7.74. The summed E-state index contributed by atoms with van der Waals surface area (Å²) in [7, 11) is 1.76. The Morgan fingerprint density at radius 1 is 1.47 bits per heavy atom. The van der Waals surface area contributed by atoms with Crippen LogP contribution in [0.3, 0.4) is 0 Å². The number of benzene rings is 1. The second kappa shape index (κ2) is 9.23. The standard InChI is InChI=1S/C12H15N3S.HI/c1-3-9-16-12(13)15(2)14-10-11-7-5-4-6-8-11;/h3-8,10,13H,1,9H2,2H3;1H. The van der Waals surface area contributed by atoms with Gasteiger partial charge in [-0.3, -0.25) is 5.41 Å². The third-order valence-corrected chi connectivity index (χ3v) is 2.75. The molecule has 3 nitrogen and oxygen atoms in total. The fourth-order valence-corrected chi connectivity index (χ4v) is 1.49. The number of hydrogen-bond acceptors (Lipinski definition) is 3. The van der Waals surface area contributed by atoms with E-state index < -0.39 is 0 Å². The van der Waals surface area contributed by atoms with Gasteiger partial charge in [0.2, 0.25) is 0 Å². The fourth-order valence-electron chi connectivity index (χ4n) is 0.976. The molecule has 17 heavy (non-hydrogen) atoms. The molecule has 1 aromatic carbocycles. The molecule has 0 spiro atoms. The lowest BCUT2D eigenvalue weighted by atomic mass is 10.2. The summed E-state index contributed by atoms with van der Waals surface area (Å²) >= 11 is 1.40. The van der Waals surface area contributed by atoms with Crippen molar-refractivity contribution in [1.29, 1.82) is 5.41 Å². The van der Waals surface area contributed by atoms with E-state index in [1.165, 1.54) is 11.8 Å². The molecule has 0 aliphatic carbocycles. The largest absolute Gasteiger partial charge is 0.277 e. The summed E-state index contributed by atoms with van der Waals surface area (Å²) in [5.74, 6) is 0.726. The maximum Gasteiger partial charge on any atom is 0.177 e. The molecule has 0 aliphatic heterocycles. The van der Waals surface area contributed by atoms with Crippen LogP contribution in [0.15, 0.2) is 48.1 Å². The van der Waals surface area contributed by atoms with Crippen LogP contribution in [0.1, 0.15) is 5.56 Å². The molecule has 0 heterocycles. The Hall–Kier alpha value is -0.820. The van der Waals surface area contributed by atoms with Crippen molar-refractivity contribution in [2.24, 2.45) is 5.10 Å². The summed E-state index contributed by atoms with van der Waals surface area (Å²) in [6.07, 6.45) is 3.51. The molecule has 0 atom stereocenters. The minimum absolute atomic E-state index is 0. The van der Waals surface area contributed by atoms with Crippen LogP contribution in [-0.2, 0) is 0 Å². The average Bonchev–Trinajstić information content (AvgIpc) is 2.34. The van der Waals surface area contributed by atoms with Gasteiger partial charge in [0.25, 0.3) is 0 Å². The molecular formula is C12H16IN3S. The second-order valence-electron chi connectivity index (χ2n) is 3.08. The lowest BCUT2D eigenvalue weighted by molar-refractivity contribution is 0.556. The van der Waals surface area contributed by atoms with Crippen molar-refractivity contribution in [3.8, 4) is 0 Å². The van der Waals surface area contributed by atoms with Crippen LogP contribution in [0.25, 0.3) is 0 Å². The van der Waals surface area contributed by atoms with E-state index in [0.29, 0.717) is 5.17 Å². The van der Waals surface area contributed by atoms with Crippen LogP contribution in [0.2, 0.25) is 0 Å². The van der Waals surface area contributed by atoms with E-state index in [1.807, 2.05) is 30.3 Å². The zero-order chi connectivity index (χ0) is 11.8. The highest BCUT2D eigenvalue weighted by molar-refractivity contribution is 14.0. The number of rotatable bonds is 4. The Kier molecular flexibility index (Phi) is 8.79. The zero-order valence-corrected chi connectivity index (χ0v) is 12.8. The molecule has 0 saturated heterocycles. The van der Waals surface area contributed by atoms with Gasteiger partial charge < -0.3 is 0 Å². The number of halogens is 1. The average molecular weight is 361 g/mol. The highest BCUT2D eigenvalue weighted by Crippen LogP contribution is 2.06. The van der Waals surface area contributed by atoms with Crippen LogP contribution in [-0.4, -0.2) is 29.2 Å². The summed E-state index contributed by atoms with van der Waals surface area (Å²) in [5, 5.41) is 13.8. The summed E-state index contributed by atoms with van der Waals surface area (Å²) < 4.78 is 0. The second-order valence-corrected chi connectivity index (χ2v) is 4.09. The first-order valence-corrected chi connectivity index (χ1v) is 5.87. The van der Waals surface area contributed by atoms with Crippen molar-refractivity contribution in [3.63, 3.8) is 0 Å². The summed E-state index contributed by atoms with van der Waals surface area (Å²) in [6, 6.07) is 9.82. The van der Waals surface area contributed by atoms with E-state index >= 15 is 0 Å². The van der Waals surface area contributed by atoms with Crippen molar-refractivity contribution in [2.45, 2.75) is 0 Å². The van der Waals surface area contributed by atoms with Gasteiger partial charge in [0.15, 0.2) is 5.17 Å². The van der Waals surface area contributed by atoms with Gasteiger partial charge in [0, 0.05) is 12.8 Å². The number of hydrazone groups is 1. The van der Waals surface area contributed by atoms with Crippen molar-refractivity contribution >= 4 is 47.1 Å². The topological polar surface area (TPSA) is 39.5 Å². The highest BCUT2D eigenvalue weighted by Gasteiger charge is 2.00. The van der Waals surface area contributed by atoms with Gasteiger partial charge >= 0.3 is 0 Å². The molecule has 0 fully saturated rings. The van der Waals surface area contributed by atoms with Crippen LogP contribution >= 0.6 is 35.7 Å². The Labute approximate surface area is 124 Å². The van der Waals surface area contributed by atoms with Crippen LogP contribution in [0.5, 0.6) is 0 Å². The van der Waals surface area contributed by atoms with Gasteiger partial charge in [-0.25, -0.2) is 5.01 Å². The van der Waals surface area contributed by atoms with E-state index in [9.17, 15) is 0 Å². The Bertz CT molecular complexity index is 379. The molecule has 5 heteroatoms. The number of amidine groups is 1. The molecule has 0 aromatic heterocycles. The molecule has 0 amide bonds. The van der Waals surface area contributed by atoms with Crippen molar-refractivity contribution in [2.75, 3.05) is 12.8 Å². The van der Waals surface area contributed by atoms with E-state index in [0.717, 1.165) is 11.3 Å². The maximum absolute atomic E-state index is 7.69. The van der Waals surface area contributed by atoms with Gasteiger partial charge in [-0.2, -0.15) is 5.10 Å². The van der Waals surface area contributed by atoms with E-state index in [-0.39, 0.29) is 24.0 Å². The van der Waals surface area contributed by atoms with Crippen molar-refractivity contribution < 1.29 is 0 Å². The molecule has 1 rings (SSSR count). The van der Waals surface area contributed by atoms with Gasteiger partial charge in [0.1, 0.15) is 0 Å². The quantitative estimate of drug-likeness (QED) is 0.294. The molecule has 0 bridgehead atoms. The molecule has 0 unspecified atom stereocenters. The molecule has 1 aromatic rings. The van der Waals surface area contributed by atoms with Gasteiger partial charge in [-0.05, 0) is 5.56 Å².